The molecule has 1 rings (SSSR count). The molecule has 0 atom stereocenters. The molecular weight excluding hydrogens is 182 g/mol. The van der Waals surface area contributed by atoms with Gasteiger partial charge in [-0.15, -0.1) is 11.6 Å². The summed E-state index contributed by atoms with van der Waals surface area (Å²) in [5, 5.41) is 0. The van der Waals surface area contributed by atoms with Gasteiger partial charge in [0.2, 0.25) is 5.69 Å². The van der Waals surface area contributed by atoms with Crippen molar-refractivity contribution in [2.75, 3.05) is 0 Å². The molecule has 0 unspecified atom stereocenters. The van der Waals surface area contributed by atoms with Gasteiger partial charge in [-0.25, -0.2) is 0 Å². The summed E-state index contributed by atoms with van der Waals surface area (Å²) >= 11 is 9.91. The van der Waals surface area contributed by atoms with E-state index in [4.69, 9.17) is 11.6 Å². The Hall–Kier alpha value is -0.670. The second-order valence-corrected chi connectivity index (χ2v) is 2.66. The van der Waals surface area contributed by atoms with Crippen molar-refractivity contribution in [1.29, 1.82) is 0 Å². The first-order valence-electron chi connectivity index (χ1n) is 3.03. The topological polar surface area (TPSA) is 20.1 Å². The Bertz CT molecular complexity index is 260. The van der Waals surface area contributed by atoms with Gasteiger partial charge in [-0.1, -0.05) is 16.3 Å². The maximum absolute atomic E-state index is 10.5. The van der Waals surface area contributed by atoms with Crippen LogP contribution in [0.3, 0.4) is 0 Å². The Morgan fingerprint density at radius 1 is 1.36 bits per heavy atom. The van der Waals surface area contributed by atoms with Crippen LogP contribution in [-0.2, 0) is 18.7 Å². The van der Waals surface area contributed by atoms with Crippen LogP contribution in [0.1, 0.15) is 5.56 Å². The average molecular weight is 188 g/mol. The van der Waals surface area contributed by atoms with E-state index in [0.29, 0.717) is 15.7 Å². The number of nitroso groups, excluding NO2 is 1. The van der Waals surface area contributed by atoms with Crippen molar-refractivity contribution in [3.05, 3.63) is 34.7 Å². The molecule has 1 aromatic rings. The van der Waals surface area contributed by atoms with Gasteiger partial charge in [-0.3, -0.25) is 0 Å². The zero-order valence-electron chi connectivity index (χ0n) is 5.66. The number of rotatable bonds is 2. The van der Waals surface area contributed by atoms with E-state index < -0.39 is 0 Å². The molecule has 0 aliphatic rings. The van der Waals surface area contributed by atoms with Crippen LogP contribution in [0.25, 0.3) is 0 Å². The molecule has 0 spiro atoms. The lowest BCUT2D eigenvalue weighted by Gasteiger charge is -1.94. The Morgan fingerprint density at radius 2 is 1.91 bits per heavy atom. The standard InChI is InChI=1S/C7H6ClNOS/c8-5-6-1-3-7(4-2-6)9(10)11/h1-4H,5H2. The molecule has 0 amide bonds. The molecule has 4 heteroatoms. The van der Waals surface area contributed by atoms with Gasteiger partial charge in [-0.05, 0) is 5.56 Å². The minimum absolute atomic E-state index is 0.401. The maximum atomic E-state index is 10.5. The lowest BCUT2D eigenvalue weighted by molar-refractivity contribution is -0.262. The SMILES string of the molecule is O=[N+]([S-])c1ccc(CCl)cc1. The highest BCUT2D eigenvalue weighted by Gasteiger charge is 1.99. The highest BCUT2D eigenvalue weighted by Crippen LogP contribution is 2.12. The molecule has 0 aliphatic heterocycles. The maximum Gasteiger partial charge on any atom is 0.237 e. The quantitative estimate of drug-likeness (QED) is 0.402. The fourth-order valence-electron chi connectivity index (χ4n) is 0.707. The summed E-state index contributed by atoms with van der Waals surface area (Å²) in [6.07, 6.45) is 0. The van der Waals surface area contributed by atoms with Gasteiger partial charge >= 0.3 is 0 Å². The first kappa shape index (κ1) is 8.43. The first-order valence-corrected chi connectivity index (χ1v) is 3.93. The van der Waals surface area contributed by atoms with Crippen LogP contribution >= 0.6 is 11.6 Å². The molecule has 2 nitrogen and oxygen atoms in total. The van der Waals surface area contributed by atoms with Gasteiger partial charge in [0.25, 0.3) is 0 Å². The van der Waals surface area contributed by atoms with E-state index in [-0.39, 0.29) is 0 Å². The summed E-state index contributed by atoms with van der Waals surface area (Å²) in [4.78, 5) is 10.5. The van der Waals surface area contributed by atoms with Gasteiger partial charge in [0, 0.05) is 22.9 Å². The molecule has 0 saturated carbocycles. The summed E-state index contributed by atoms with van der Waals surface area (Å²) < 4.78 is 0.401. The zero-order valence-corrected chi connectivity index (χ0v) is 7.23. The molecule has 0 heterocycles. The van der Waals surface area contributed by atoms with Crippen LogP contribution in [0.15, 0.2) is 24.3 Å². The highest BCUT2D eigenvalue weighted by atomic mass is 35.5. The van der Waals surface area contributed by atoms with Crippen LogP contribution < -0.4 is 0 Å². The highest BCUT2D eigenvalue weighted by molar-refractivity contribution is 7.51. The molecule has 0 aromatic heterocycles. The van der Waals surface area contributed by atoms with Crippen LogP contribution in [0, 0.1) is 4.91 Å². The number of benzene rings is 1. The number of halogens is 1. The second-order valence-electron chi connectivity index (χ2n) is 2.06. The monoisotopic (exact) mass is 187 g/mol. The van der Waals surface area contributed by atoms with Crippen molar-refractivity contribution in [2.24, 2.45) is 0 Å². The number of hydrogen-bond donors (Lipinski definition) is 0. The lowest BCUT2D eigenvalue weighted by Crippen LogP contribution is -1.87. The van der Waals surface area contributed by atoms with Gasteiger partial charge in [-0.2, -0.15) is 0 Å². The third-order valence-electron chi connectivity index (χ3n) is 1.30. The molecule has 0 fully saturated rings. The number of alkyl halides is 1. The fraction of sp³-hybridized carbons (Fsp3) is 0.143. The van der Waals surface area contributed by atoms with E-state index in [9.17, 15) is 4.91 Å². The zero-order chi connectivity index (χ0) is 8.27. The molecule has 0 N–H and O–H groups in total. The van der Waals surface area contributed by atoms with E-state index in [0.717, 1.165) is 5.56 Å². The summed E-state index contributed by atoms with van der Waals surface area (Å²) in [6, 6.07) is 6.86. The molecule has 0 bridgehead atoms. The van der Waals surface area contributed by atoms with Crippen LogP contribution in [0.5, 0.6) is 0 Å². The number of hydrogen-bond acceptors (Lipinski definition) is 2. The van der Waals surface area contributed by atoms with Gasteiger partial charge in [0.15, 0.2) is 0 Å². The van der Waals surface area contributed by atoms with E-state index in [1.807, 2.05) is 0 Å². The number of nitrogens with zero attached hydrogens (tertiary/aromatic N) is 1. The first-order chi connectivity index (χ1) is 5.24. The molecular formula is C7H6ClNOS. The predicted octanol–water partition coefficient (Wildman–Crippen LogP) is 2.30. The Kier molecular flexibility index (Phi) is 2.79. The van der Waals surface area contributed by atoms with E-state index >= 15 is 0 Å². The minimum atomic E-state index is 0.401. The van der Waals surface area contributed by atoms with Crippen molar-refractivity contribution >= 4 is 30.1 Å². The van der Waals surface area contributed by atoms with Crippen molar-refractivity contribution in [1.82, 2.24) is 0 Å². The third-order valence-corrected chi connectivity index (χ3v) is 1.82. The lowest BCUT2D eigenvalue weighted by atomic mass is 10.2. The van der Waals surface area contributed by atoms with Crippen LogP contribution in [0.2, 0.25) is 0 Å². The van der Waals surface area contributed by atoms with Crippen molar-refractivity contribution < 1.29 is 4.17 Å². The molecule has 0 aliphatic carbocycles. The smallest absolute Gasteiger partial charge is 0.237 e. The molecule has 1 aromatic carbocycles. The van der Waals surface area contributed by atoms with Crippen molar-refractivity contribution in [2.45, 2.75) is 5.88 Å². The van der Waals surface area contributed by atoms with Gasteiger partial charge in [0.1, 0.15) is 0 Å². The summed E-state index contributed by atoms with van der Waals surface area (Å²) in [7, 11) is 0. The predicted molar refractivity (Wildman–Crippen MR) is 46.7 cm³/mol. The Balaban J connectivity index is 2.91. The summed E-state index contributed by atoms with van der Waals surface area (Å²) in [5.41, 5.74) is 1.45. The van der Waals surface area contributed by atoms with Crippen LogP contribution in [-0.4, -0.2) is 4.17 Å². The minimum Gasteiger partial charge on any atom is -0.364 e. The Morgan fingerprint density at radius 3 is 2.27 bits per heavy atom. The van der Waals surface area contributed by atoms with Crippen LogP contribution in [0.4, 0.5) is 5.69 Å². The Labute approximate surface area is 75.3 Å². The second kappa shape index (κ2) is 3.64. The molecule has 58 valence electrons. The molecule has 0 radical (unpaired) electrons. The molecule has 0 saturated heterocycles. The summed E-state index contributed by atoms with van der Waals surface area (Å²) in [6.45, 7) is 0. The van der Waals surface area contributed by atoms with Gasteiger partial charge < -0.3 is 12.8 Å². The van der Waals surface area contributed by atoms with E-state index in [2.05, 4.69) is 12.8 Å². The largest absolute Gasteiger partial charge is 0.364 e. The van der Waals surface area contributed by atoms with E-state index in [1.54, 1.807) is 24.3 Å². The van der Waals surface area contributed by atoms with Crippen molar-refractivity contribution in [3.63, 3.8) is 0 Å². The fourth-order valence-corrected chi connectivity index (χ4v) is 1.01. The molecule has 11 heavy (non-hydrogen) atoms. The summed E-state index contributed by atoms with van der Waals surface area (Å²) in [5.74, 6) is 0.455. The third kappa shape index (κ3) is 2.13. The van der Waals surface area contributed by atoms with Gasteiger partial charge in [0.05, 0.1) is 0 Å². The normalized spacial score (nSPS) is 9.55. The van der Waals surface area contributed by atoms with E-state index in [1.165, 1.54) is 0 Å². The average Bonchev–Trinajstić information content (AvgIpc) is 2.05. The van der Waals surface area contributed by atoms with Crippen molar-refractivity contribution in [3.8, 4) is 0 Å².